The Morgan fingerprint density at radius 3 is 2.36 bits per heavy atom. The first-order valence-corrected chi connectivity index (χ1v) is 12.6. The van der Waals surface area contributed by atoms with Crippen LogP contribution >= 0.6 is 22.7 Å². The van der Waals surface area contributed by atoms with Crippen LogP contribution in [0.4, 0.5) is 5.13 Å². The minimum Gasteiger partial charge on any atom is -0.503 e. The molecular formula is C26H21N3O5S2. The van der Waals surface area contributed by atoms with E-state index in [0.717, 1.165) is 22.1 Å². The third-order valence-electron chi connectivity index (χ3n) is 6.04. The van der Waals surface area contributed by atoms with Crippen LogP contribution in [-0.2, 0) is 9.53 Å². The lowest BCUT2D eigenvalue weighted by molar-refractivity contribution is -0.117. The van der Waals surface area contributed by atoms with Gasteiger partial charge in [-0.1, -0.05) is 53.8 Å². The average molecular weight is 520 g/mol. The number of benzene rings is 2. The van der Waals surface area contributed by atoms with Gasteiger partial charge in [-0.05, 0) is 37.1 Å². The summed E-state index contributed by atoms with van der Waals surface area (Å²) in [4.78, 5) is 50.3. The van der Waals surface area contributed by atoms with Crippen LogP contribution < -0.4 is 4.90 Å². The van der Waals surface area contributed by atoms with Gasteiger partial charge in [-0.15, -0.1) is 11.3 Å². The summed E-state index contributed by atoms with van der Waals surface area (Å²) >= 11 is 2.19. The Labute approximate surface area is 214 Å². The third kappa shape index (κ3) is 3.69. The van der Waals surface area contributed by atoms with Crippen LogP contribution in [0.1, 0.15) is 47.3 Å². The number of ether oxygens (including phenoxy) is 1. The Balaban J connectivity index is 1.75. The summed E-state index contributed by atoms with van der Waals surface area (Å²) in [6, 6.07) is 12.2. The number of ketones is 1. The molecule has 0 fully saturated rings. The summed E-state index contributed by atoms with van der Waals surface area (Å²) in [5.41, 5.74) is 1.53. The molecular weight excluding hydrogens is 498 g/mol. The number of amides is 1. The lowest BCUT2D eigenvalue weighted by Gasteiger charge is -2.25. The number of Topliss-reactive ketones (excluding diaryl/α,β-unsaturated/α-hetero) is 1. The van der Waals surface area contributed by atoms with Crippen molar-refractivity contribution in [2.45, 2.75) is 26.8 Å². The van der Waals surface area contributed by atoms with E-state index >= 15 is 0 Å². The van der Waals surface area contributed by atoms with Crippen LogP contribution in [-0.4, -0.2) is 39.8 Å². The molecule has 182 valence electrons. The lowest BCUT2D eigenvalue weighted by atomic mass is 9.91. The molecule has 0 radical (unpaired) electrons. The molecule has 0 saturated carbocycles. The standard InChI is InChI=1S/C26H21N3O5S2/c1-12-22(35-14(3)27-12)20(30)18-19(17-11-7-9-15-8-5-6-10-16(15)17)29(24(32)21(18)31)26-28-13(2)23(36-26)25(33)34-4/h5-11,19,31H,1-4H3. The SMILES string of the molecule is COC(=O)c1sc(N2C(=O)C(O)=C(C(=O)c3sc(C)nc3C)C2c2cccc3ccccc23)nc1C. The molecule has 0 spiro atoms. The molecule has 1 aliphatic rings. The van der Waals surface area contributed by atoms with E-state index in [0.29, 0.717) is 26.8 Å². The number of esters is 1. The van der Waals surface area contributed by atoms with Gasteiger partial charge in [0, 0.05) is 0 Å². The smallest absolute Gasteiger partial charge is 0.350 e. The highest BCUT2D eigenvalue weighted by Gasteiger charge is 2.47. The maximum atomic E-state index is 13.8. The molecule has 3 heterocycles. The van der Waals surface area contributed by atoms with Gasteiger partial charge in [-0.2, -0.15) is 0 Å². The van der Waals surface area contributed by atoms with Gasteiger partial charge in [-0.25, -0.2) is 14.8 Å². The van der Waals surface area contributed by atoms with Gasteiger partial charge in [0.1, 0.15) is 4.88 Å². The van der Waals surface area contributed by atoms with Crippen molar-refractivity contribution in [3.05, 3.63) is 85.5 Å². The normalized spacial score (nSPS) is 15.7. The summed E-state index contributed by atoms with van der Waals surface area (Å²) in [5, 5.41) is 13.7. The number of nitrogens with zero attached hydrogens (tertiary/aromatic N) is 3. The minimum atomic E-state index is -0.964. The molecule has 2 aromatic heterocycles. The highest BCUT2D eigenvalue weighted by atomic mass is 32.1. The van der Waals surface area contributed by atoms with E-state index in [4.69, 9.17) is 4.74 Å². The Morgan fingerprint density at radius 2 is 1.67 bits per heavy atom. The van der Waals surface area contributed by atoms with Crippen molar-refractivity contribution in [3.63, 3.8) is 0 Å². The van der Waals surface area contributed by atoms with Crippen LogP contribution in [0.25, 0.3) is 10.8 Å². The summed E-state index contributed by atoms with van der Waals surface area (Å²) in [6.07, 6.45) is 0. The Hall–Kier alpha value is -3.89. The average Bonchev–Trinajstić information content (AvgIpc) is 3.50. The van der Waals surface area contributed by atoms with E-state index in [1.165, 1.54) is 23.3 Å². The molecule has 1 amide bonds. The van der Waals surface area contributed by atoms with Gasteiger partial charge < -0.3 is 9.84 Å². The molecule has 0 saturated heterocycles. The van der Waals surface area contributed by atoms with Crippen molar-refractivity contribution in [1.29, 1.82) is 0 Å². The van der Waals surface area contributed by atoms with Gasteiger partial charge in [0.25, 0.3) is 5.91 Å². The topological polar surface area (TPSA) is 110 Å². The first-order chi connectivity index (χ1) is 17.2. The van der Waals surface area contributed by atoms with Crippen molar-refractivity contribution >= 4 is 56.2 Å². The second-order valence-corrected chi connectivity index (χ2v) is 10.5. The number of carbonyl (C=O) groups is 3. The second-order valence-electron chi connectivity index (χ2n) is 8.29. The molecule has 10 heteroatoms. The fourth-order valence-corrected chi connectivity index (χ4v) is 6.34. The molecule has 1 aliphatic heterocycles. The van der Waals surface area contributed by atoms with E-state index in [9.17, 15) is 19.5 Å². The Kier molecular flexibility index (Phi) is 5.93. The largest absolute Gasteiger partial charge is 0.503 e. The second kappa shape index (κ2) is 8.96. The number of thiazole rings is 2. The predicted molar refractivity (Wildman–Crippen MR) is 138 cm³/mol. The number of anilines is 1. The van der Waals surface area contributed by atoms with Crippen molar-refractivity contribution in [2.75, 3.05) is 12.0 Å². The summed E-state index contributed by atoms with van der Waals surface area (Å²) in [6.45, 7) is 5.16. The number of aromatic nitrogens is 2. The van der Waals surface area contributed by atoms with Gasteiger partial charge in [0.05, 0.1) is 40.0 Å². The fourth-order valence-electron chi connectivity index (χ4n) is 4.45. The summed E-state index contributed by atoms with van der Waals surface area (Å²) in [5.74, 6) is -2.45. The van der Waals surface area contributed by atoms with E-state index in [1.54, 1.807) is 20.8 Å². The zero-order valence-corrected chi connectivity index (χ0v) is 21.5. The number of aliphatic hydroxyl groups excluding tert-OH is 1. The van der Waals surface area contributed by atoms with E-state index in [1.807, 2.05) is 42.5 Å². The van der Waals surface area contributed by atoms with Crippen LogP contribution in [0.15, 0.2) is 53.8 Å². The van der Waals surface area contributed by atoms with Gasteiger partial charge in [0.15, 0.2) is 10.9 Å². The minimum absolute atomic E-state index is 0.0458. The number of aryl methyl sites for hydroxylation is 3. The molecule has 8 nitrogen and oxygen atoms in total. The van der Waals surface area contributed by atoms with Gasteiger partial charge >= 0.3 is 5.97 Å². The van der Waals surface area contributed by atoms with Crippen LogP contribution in [0.5, 0.6) is 0 Å². The van der Waals surface area contributed by atoms with Crippen LogP contribution in [0.3, 0.4) is 0 Å². The first-order valence-electron chi connectivity index (χ1n) is 11.0. The lowest BCUT2D eigenvalue weighted by Crippen LogP contribution is -2.31. The molecule has 1 atom stereocenters. The van der Waals surface area contributed by atoms with Crippen LogP contribution in [0.2, 0.25) is 0 Å². The molecule has 0 bridgehead atoms. The number of hydrogen-bond donors (Lipinski definition) is 1. The Morgan fingerprint density at radius 1 is 0.972 bits per heavy atom. The van der Waals surface area contributed by atoms with E-state index in [-0.39, 0.29) is 15.6 Å². The van der Waals surface area contributed by atoms with Crippen molar-refractivity contribution in [3.8, 4) is 0 Å². The first kappa shape index (κ1) is 23.8. The molecule has 5 rings (SSSR count). The number of aliphatic hydroxyl groups is 1. The van der Waals surface area contributed by atoms with E-state index < -0.39 is 29.5 Å². The zero-order chi connectivity index (χ0) is 25.7. The van der Waals surface area contributed by atoms with Crippen molar-refractivity contribution in [2.24, 2.45) is 0 Å². The van der Waals surface area contributed by atoms with Crippen molar-refractivity contribution < 1.29 is 24.2 Å². The number of carbonyl (C=O) groups excluding carboxylic acids is 3. The zero-order valence-electron chi connectivity index (χ0n) is 19.9. The fraction of sp³-hybridized carbons (Fsp3) is 0.192. The highest BCUT2D eigenvalue weighted by molar-refractivity contribution is 7.17. The highest BCUT2D eigenvalue weighted by Crippen LogP contribution is 2.46. The maximum Gasteiger partial charge on any atom is 0.350 e. The molecule has 36 heavy (non-hydrogen) atoms. The van der Waals surface area contributed by atoms with Gasteiger partial charge in [0.2, 0.25) is 5.78 Å². The van der Waals surface area contributed by atoms with Crippen LogP contribution in [0, 0.1) is 20.8 Å². The number of fused-ring (bicyclic) bond motifs is 1. The third-order valence-corrected chi connectivity index (χ3v) is 8.25. The molecule has 1 unspecified atom stereocenters. The molecule has 4 aromatic rings. The summed E-state index contributed by atoms with van der Waals surface area (Å²) in [7, 11) is 1.27. The summed E-state index contributed by atoms with van der Waals surface area (Å²) < 4.78 is 4.85. The number of methoxy groups -OCH3 is 1. The van der Waals surface area contributed by atoms with Crippen molar-refractivity contribution in [1.82, 2.24) is 9.97 Å². The number of hydrogen-bond acceptors (Lipinski definition) is 9. The van der Waals surface area contributed by atoms with Gasteiger partial charge in [-0.3, -0.25) is 14.5 Å². The van der Waals surface area contributed by atoms with E-state index in [2.05, 4.69) is 9.97 Å². The predicted octanol–water partition coefficient (Wildman–Crippen LogP) is 5.25. The quantitative estimate of drug-likeness (QED) is 0.283. The maximum absolute atomic E-state index is 13.8. The molecule has 2 aromatic carbocycles. The molecule has 1 N–H and O–H groups in total. The monoisotopic (exact) mass is 519 g/mol. The Bertz CT molecular complexity index is 1590. The number of rotatable bonds is 5. The molecule has 0 aliphatic carbocycles.